The molecule has 2 nitrogen and oxygen atoms in total. The van der Waals surface area contributed by atoms with E-state index in [0.29, 0.717) is 10.8 Å². The Balaban J connectivity index is 2.51. The molecule has 19 heavy (non-hydrogen) atoms. The van der Waals surface area contributed by atoms with Gasteiger partial charge in [-0.1, -0.05) is 41.5 Å². The zero-order valence-electron chi connectivity index (χ0n) is 13.8. The van der Waals surface area contributed by atoms with E-state index in [9.17, 15) is 0 Å². The van der Waals surface area contributed by atoms with Gasteiger partial charge in [0.05, 0.1) is 0 Å². The third-order valence-corrected chi connectivity index (χ3v) is 5.39. The van der Waals surface area contributed by atoms with Gasteiger partial charge < -0.3 is 5.32 Å². The van der Waals surface area contributed by atoms with Gasteiger partial charge in [0.1, 0.15) is 0 Å². The van der Waals surface area contributed by atoms with Crippen molar-refractivity contribution in [2.75, 3.05) is 31.9 Å². The van der Waals surface area contributed by atoms with Gasteiger partial charge in [-0.15, -0.1) is 0 Å². The summed E-state index contributed by atoms with van der Waals surface area (Å²) in [6, 6.07) is 0.688. The lowest BCUT2D eigenvalue weighted by molar-refractivity contribution is 0.157. The van der Waals surface area contributed by atoms with Crippen molar-refractivity contribution < 1.29 is 0 Å². The van der Waals surface area contributed by atoms with Crippen molar-refractivity contribution in [3.8, 4) is 0 Å². The molecule has 0 bridgehead atoms. The molecule has 1 aliphatic rings. The van der Waals surface area contributed by atoms with Gasteiger partial charge in [-0.05, 0) is 31.3 Å². The molecule has 0 aromatic heterocycles. The Hall–Kier alpha value is 0.270. The predicted octanol–water partition coefficient (Wildman–Crippen LogP) is 3.47. The van der Waals surface area contributed by atoms with E-state index < -0.39 is 0 Å². The molecule has 114 valence electrons. The molecule has 1 aliphatic heterocycles. The Morgan fingerprint density at radius 1 is 1.11 bits per heavy atom. The number of hydrogen-bond acceptors (Lipinski definition) is 3. The lowest BCUT2D eigenvalue weighted by Gasteiger charge is -2.34. The van der Waals surface area contributed by atoms with Crippen molar-refractivity contribution in [1.29, 1.82) is 0 Å². The Morgan fingerprint density at radius 2 is 1.79 bits per heavy atom. The van der Waals surface area contributed by atoms with Crippen LogP contribution in [0.4, 0.5) is 0 Å². The second kappa shape index (κ2) is 7.90. The second-order valence-corrected chi connectivity index (χ2v) is 9.06. The van der Waals surface area contributed by atoms with Crippen LogP contribution in [0.2, 0.25) is 0 Å². The summed E-state index contributed by atoms with van der Waals surface area (Å²) in [7, 11) is 0. The van der Waals surface area contributed by atoms with Crippen LogP contribution in [0.5, 0.6) is 0 Å². The van der Waals surface area contributed by atoms with Crippen molar-refractivity contribution in [3.63, 3.8) is 0 Å². The van der Waals surface area contributed by atoms with Crippen molar-refractivity contribution >= 4 is 11.8 Å². The van der Waals surface area contributed by atoms with Gasteiger partial charge in [-0.3, -0.25) is 4.90 Å². The van der Waals surface area contributed by atoms with Crippen LogP contribution < -0.4 is 5.32 Å². The topological polar surface area (TPSA) is 15.3 Å². The van der Waals surface area contributed by atoms with Crippen LogP contribution in [-0.4, -0.2) is 47.6 Å². The van der Waals surface area contributed by atoms with Crippen LogP contribution in [0.15, 0.2) is 0 Å². The smallest absolute Gasteiger partial charge is 0.0243 e. The molecule has 0 spiro atoms. The molecule has 0 aromatic carbocycles. The molecule has 0 amide bonds. The van der Waals surface area contributed by atoms with Crippen LogP contribution >= 0.6 is 11.8 Å². The molecular formula is C16H34N2S. The largest absolute Gasteiger partial charge is 0.315 e. The summed E-state index contributed by atoms with van der Waals surface area (Å²) in [5.41, 5.74) is 0. The summed E-state index contributed by atoms with van der Waals surface area (Å²) >= 11 is 2.14. The fourth-order valence-electron chi connectivity index (χ4n) is 2.67. The van der Waals surface area contributed by atoms with Crippen LogP contribution in [0.1, 0.15) is 48.0 Å². The summed E-state index contributed by atoms with van der Waals surface area (Å²) in [6.45, 7) is 18.9. The standard InChI is InChI=1S/C16H34N2S/c1-13(2)11-17-12-15(14(3)4)18-8-7-16(5,6)19-10-9-18/h13-15,17H,7-12H2,1-6H3. The summed E-state index contributed by atoms with van der Waals surface area (Å²) in [5, 5.41) is 3.66. The first-order valence-corrected chi connectivity index (χ1v) is 8.89. The normalized spacial score (nSPS) is 22.7. The summed E-state index contributed by atoms with van der Waals surface area (Å²) in [6.07, 6.45) is 1.31. The monoisotopic (exact) mass is 286 g/mol. The summed E-state index contributed by atoms with van der Waals surface area (Å²) in [4.78, 5) is 2.72. The van der Waals surface area contributed by atoms with Crippen molar-refractivity contribution in [1.82, 2.24) is 10.2 Å². The highest BCUT2D eigenvalue weighted by molar-refractivity contribution is 8.00. The van der Waals surface area contributed by atoms with Crippen molar-refractivity contribution in [2.24, 2.45) is 11.8 Å². The molecule has 0 aromatic rings. The van der Waals surface area contributed by atoms with Gasteiger partial charge in [0.25, 0.3) is 0 Å². The number of hydrogen-bond donors (Lipinski definition) is 1. The van der Waals surface area contributed by atoms with Crippen molar-refractivity contribution in [2.45, 2.75) is 58.8 Å². The SMILES string of the molecule is CC(C)CNCC(C(C)C)N1CCSC(C)(C)CC1. The first kappa shape index (κ1) is 17.3. The zero-order chi connectivity index (χ0) is 14.5. The van der Waals surface area contributed by atoms with E-state index in [0.717, 1.165) is 24.9 Å². The Bertz CT molecular complexity index is 251. The van der Waals surface area contributed by atoms with Gasteiger partial charge in [0.15, 0.2) is 0 Å². The van der Waals surface area contributed by atoms with E-state index in [1.807, 2.05) is 0 Å². The molecule has 1 heterocycles. The highest BCUT2D eigenvalue weighted by Gasteiger charge is 2.28. The third kappa shape index (κ3) is 6.50. The average Bonchev–Trinajstić information content (AvgIpc) is 2.45. The molecule has 0 saturated carbocycles. The van der Waals surface area contributed by atoms with Gasteiger partial charge in [-0.2, -0.15) is 11.8 Å². The Morgan fingerprint density at radius 3 is 2.37 bits per heavy atom. The van der Waals surface area contributed by atoms with Crippen molar-refractivity contribution in [3.05, 3.63) is 0 Å². The van der Waals surface area contributed by atoms with Gasteiger partial charge in [0.2, 0.25) is 0 Å². The zero-order valence-corrected chi connectivity index (χ0v) is 14.6. The molecule has 1 saturated heterocycles. The van der Waals surface area contributed by atoms with E-state index in [1.165, 1.54) is 25.3 Å². The molecule has 1 N–H and O–H groups in total. The Labute approximate surface area is 125 Å². The third-order valence-electron chi connectivity index (χ3n) is 4.02. The van der Waals surface area contributed by atoms with Crippen LogP contribution in [-0.2, 0) is 0 Å². The molecular weight excluding hydrogens is 252 g/mol. The summed E-state index contributed by atoms with van der Waals surface area (Å²) < 4.78 is 0.460. The van der Waals surface area contributed by atoms with Crippen LogP contribution in [0.3, 0.4) is 0 Å². The molecule has 0 aliphatic carbocycles. The molecule has 1 rings (SSSR count). The van der Waals surface area contributed by atoms with E-state index in [4.69, 9.17) is 0 Å². The van der Waals surface area contributed by atoms with E-state index >= 15 is 0 Å². The summed E-state index contributed by atoms with van der Waals surface area (Å²) in [5.74, 6) is 2.75. The van der Waals surface area contributed by atoms with Gasteiger partial charge in [-0.25, -0.2) is 0 Å². The molecule has 1 atom stereocenters. The maximum Gasteiger partial charge on any atom is 0.0243 e. The van der Waals surface area contributed by atoms with Gasteiger partial charge in [0, 0.05) is 29.6 Å². The van der Waals surface area contributed by atoms with E-state index in [2.05, 4.69) is 63.5 Å². The number of thioether (sulfide) groups is 1. The predicted molar refractivity (Wildman–Crippen MR) is 89.1 cm³/mol. The van der Waals surface area contributed by atoms with Crippen LogP contribution in [0.25, 0.3) is 0 Å². The minimum absolute atomic E-state index is 0.460. The molecule has 3 heteroatoms. The molecule has 1 fully saturated rings. The lowest BCUT2D eigenvalue weighted by atomic mass is 10.0. The molecule has 1 unspecified atom stereocenters. The highest BCUT2D eigenvalue weighted by atomic mass is 32.2. The minimum atomic E-state index is 0.460. The van der Waals surface area contributed by atoms with E-state index in [-0.39, 0.29) is 0 Å². The Kier molecular flexibility index (Phi) is 7.20. The highest BCUT2D eigenvalue weighted by Crippen LogP contribution is 2.31. The molecule has 0 radical (unpaired) electrons. The van der Waals surface area contributed by atoms with Crippen LogP contribution in [0, 0.1) is 11.8 Å². The number of rotatable bonds is 6. The van der Waals surface area contributed by atoms with Gasteiger partial charge >= 0.3 is 0 Å². The van der Waals surface area contributed by atoms with E-state index in [1.54, 1.807) is 0 Å². The maximum atomic E-state index is 3.66. The lowest BCUT2D eigenvalue weighted by Crippen LogP contribution is -2.47. The first-order chi connectivity index (χ1) is 8.82. The fraction of sp³-hybridized carbons (Fsp3) is 1.00. The quantitative estimate of drug-likeness (QED) is 0.805. The number of nitrogens with one attached hydrogen (secondary N) is 1. The fourth-order valence-corrected chi connectivity index (χ4v) is 3.79. The second-order valence-electron chi connectivity index (χ2n) is 7.26. The first-order valence-electron chi connectivity index (χ1n) is 7.90. The average molecular weight is 287 g/mol. The minimum Gasteiger partial charge on any atom is -0.315 e. The number of nitrogens with zero attached hydrogens (tertiary/aromatic N) is 1. The maximum absolute atomic E-state index is 3.66.